The van der Waals surface area contributed by atoms with E-state index in [0.717, 1.165) is 0 Å². The lowest BCUT2D eigenvalue weighted by atomic mass is 10.0. The molecule has 0 aliphatic heterocycles. The molecular weight excluding hydrogens is 276 g/mol. The Morgan fingerprint density at radius 2 is 2.10 bits per heavy atom. The lowest BCUT2D eigenvalue weighted by molar-refractivity contribution is 0.0696. The van der Waals surface area contributed by atoms with E-state index >= 15 is 0 Å². The lowest BCUT2D eigenvalue weighted by Crippen LogP contribution is -2.12. The van der Waals surface area contributed by atoms with Crippen LogP contribution in [0.25, 0.3) is 10.9 Å². The van der Waals surface area contributed by atoms with Crippen molar-refractivity contribution in [2.45, 2.75) is 6.42 Å². The normalized spacial score (nSPS) is 10.8. The zero-order valence-corrected chi connectivity index (χ0v) is 11.1. The van der Waals surface area contributed by atoms with Crippen LogP contribution >= 0.6 is 11.3 Å². The second-order valence-electron chi connectivity index (χ2n) is 4.32. The van der Waals surface area contributed by atoms with Crippen LogP contribution in [-0.2, 0) is 6.42 Å². The van der Waals surface area contributed by atoms with Crippen LogP contribution in [0.1, 0.15) is 21.7 Å². The minimum Gasteiger partial charge on any atom is -0.478 e. The second-order valence-corrected chi connectivity index (χ2v) is 5.07. The first-order valence-corrected chi connectivity index (χ1v) is 6.86. The molecule has 20 heavy (non-hydrogen) atoms. The van der Waals surface area contributed by atoms with Crippen LogP contribution in [0.15, 0.2) is 39.8 Å². The Hall–Kier alpha value is -2.47. The Morgan fingerprint density at radius 3 is 2.90 bits per heavy atom. The van der Waals surface area contributed by atoms with Gasteiger partial charge in [-0.1, -0.05) is 18.2 Å². The summed E-state index contributed by atoms with van der Waals surface area (Å²) in [4.78, 5) is 30.1. The quantitative estimate of drug-likeness (QED) is 0.773. The Kier molecular flexibility index (Phi) is 3.08. The van der Waals surface area contributed by atoms with E-state index in [1.807, 2.05) is 0 Å². The Bertz CT molecular complexity index is 851. The molecule has 0 fully saturated rings. The van der Waals surface area contributed by atoms with E-state index in [1.165, 1.54) is 11.3 Å². The molecule has 0 saturated carbocycles. The molecular formula is C14H10N2O3S. The molecule has 0 amide bonds. The highest BCUT2D eigenvalue weighted by atomic mass is 32.1. The maximum absolute atomic E-state index is 11.9. The highest BCUT2D eigenvalue weighted by Crippen LogP contribution is 2.15. The Morgan fingerprint density at radius 1 is 1.30 bits per heavy atom. The van der Waals surface area contributed by atoms with Gasteiger partial charge in [0.15, 0.2) is 0 Å². The van der Waals surface area contributed by atoms with Crippen molar-refractivity contribution < 1.29 is 9.90 Å². The zero-order valence-electron chi connectivity index (χ0n) is 10.3. The molecule has 0 aliphatic rings. The summed E-state index contributed by atoms with van der Waals surface area (Å²) in [6.07, 6.45) is 0.281. The first kappa shape index (κ1) is 12.6. The molecule has 0 saturated heterocycles. The van der Waals surface area contributed by atoms with Gasteiger partial charge in [0.1, 0.15) is 5.82 Å². The summed E-state index contributed by atoms with van der Waals surface area (Å²) in [6.45, 7) is 0. The first-order valence-electron chi connectivity index (χ1n) is 5.91. The predicted octanol–water partition coefficient (Wildman–Crippen LogP) is 2.27. The molecule has 3 rings (SSSR count). The molecule has 2 aromatic heterocycles. The number of fused-ring (bicyclic) bond motifs is 1. The number of aromatic nitrogens is 2. The van der Waals surface area contributed by atoms with Gasteiger partial charge in [-0.05, 0) is 11.6 Å². The number of thiophene rings is 1. The highest BCUT2D eigenvalue weighted by Gasteiger charge is 2.11. The molecule has 6 heteroatoms. The number of carbonyl (C=O) groups is 1. The minimum absolute atomic E-state index is 0.195. The number of aromatic carboxylic acids is 1. The summed E-state index contributed by atoms with van der Waals surface area (Å²) < 4.78 is 0. The predicted molar refractivity (Wildman–Crippen MR) is 76.4 cm³/mol. The summed E-state index contributed by atoms with van der Waals surface area (Å²) >= 11 is 1.41. The van der Waals surface area contributed by atoms with Gasteiger partial charge in [-0.25, -0.2) is 9.78 Å². The third-order valence-corrected chi connectivity index (χ3v) is 3.74. The number of H-pyrrole nitrogens is 1. The van der Waals surface area contributed by atoms with E-state index in [0.29, 0.717) is 22.3 Å². The van der Waals surface area contributed by atoms with E-state index in [4.69, 9.17) is 5.11 Å². The van der Waals surface area contributed by atoms with Crippen molar-refractivity contribution in [3.8, 4) is 0 Å². The summed E-state index contributed by atoms with van der Waals surface area (Å²) in [5, 5.41) is 13.3. The monoisotopic (exact) mass is 286 g/mol. The Balaban J connectivity index is 2.05. The summed E-state index contributed by atoms with van der Waals surface area (Å²) in [7, 11) is 0. The molecule has 0 unspecified atom stereocenters. The molecule has 0 bridgehead atoms. The van der Waals surface area contributed by atoms with Gasteiger partial charge in [-0.3, -0.25) is 4.79 Å². The van der Waals surface area contributed by atoms with Crippen LogP contribution in [0.4, 0.5) is 0 Å². The van der Waals surface area contributed by atoms with E-state index in [-0.39, 0.29) is 17.5 Å². The molecule has 0 radical (unpaired) electrons. The number of rotatable bonds is 3. The van der Waals surface area contributed by atoms with Gasteiger partial charge < -0.3 is 10.1 Å². The average Bonchev–Trinajstić information content (AvgIpc) is 2.88. The topological polar surface area (TPSA) is 83.0 Å². The number of nitrogens with one attached hydrogen (secondary N) is 1. The Labute approximate surface area is 117 Å². The molecule has 2 heterocycles. The minimum atomic E-state index is -0.987. The number of hydrogen-bond acceptors (Lipinski definition) is 4. The van der Waals surface area contributed by atoms with Crippen molar-refractivity contribution in [2.24, 2.45) is 0 Å². The summed E-state index contributed by atoms with van der Waals surface area (Å²) in [5.41, 5.74) is 1.29. The van der Waals surface area contributed by atoms with Crippen LogP contribution in [0.3, 0.4) is 0 Å². The fourth-order valence-electron chi connectivity index (χ4n) is 2.07. The number of carboxylic acids is 1. The van der Waals surface area contributed by atoms with Gasteiger partial charge in [-0.2, -0.15) is 0 Å². The zero-order chi connectivity index (χ0) is 14.1. The van der Waals surface area contributed by atoms with E-state index in [2.05, 4.69) is 9.97 Å². The third-order valence-electron chi connectivity index (χ3n) is 3.01. The fraction of sp³-hybridized carbons (Fsp3) is 0.0714. The lowest BCUT2D eigenvalue weighted by Gasteiger charge is -2.05. The molecule has 0 atom stereocenters. The number of nitrogens with zero attached hydrogens (tertiary/aromatic N) is 1. The van der Waals surface area contributed by atoms with Crippen molar-refractivity contribution >= 4 is 28.2 Å². The maximum Gasteiger partial charge on any atom is 0.335 e. The number of hydrogen-bond donors (Lipinski definition) is 2. The summed E-state index contributed by atoms with van der Waals surface area (Å²) in [5.74, 6) is -0.519. The summed E-state index contributed by atoms with van der Waals surface area (Å²) in [6, 6.07) is 6.70. The third kappa shape index (κ3) is 2.21. The SMILES string of the molecule is O=C(O)c1ccccc1Cc1nc2cscc2c(=O)[nH]1. The largest absolute Gasteiger partial charge is 0.478 e. The fourth-order valence-corrected chi connectivity index (χ4v) is 2.81. The smallest absolute Gasteiger partial charge is 0.335 e. The van der Waals surface area contributed by atoms with Gasteiger partial charge in [0, 0.05) is 17.2 Å². The van der Waals surface area contributed by atoms with Gasteiger partial charge in [-0.15, -0.1) is 11.3 Å². The van der Waals surface area contributed by atoms with Gasteiger partial charge >= 0.3 is 5.97 Å². The number of benzene rings is 1. The van der Waals surface area contributed by atoms with Crippen LogP contribution in [-0.4, -0.2) is 21.0 Å². The molecule has 5 nitrogen and oxygen atoms in total. The van der Waals surface area contributed by atoms with Crippen LogP contribution in [0, 0.1) is 0 Å². The number of carboxylic acid groups (broad SMARTS) is 1. The molecule has 0 spiro atoms. The second kappa shape index (κ2) is 4.90. The van der Waals surface area contributed by atoms with Crippen molar-refractivity contribution in [1.82, 2.24) is 9.97 Å². The first-order chi connectivity index (χ1) is 9.65. The van der Waals surface area contributed by atoms with E-state index in [1.54, 1.807) is 35.0 Å². The van der Waals surface area contributed by atoms with Gasteiger partial charge in [0.2, 0.25) is 0 Å². The van der Waals surface area contributed by atoms with Crippen LogP contribution < -0.4 is 5.56 Å². The average molecular weight is 286 g/mol. The highest BCUT2D eigenvalue weighted by molar-refractivity contribution is 7.09. The standard InChI is InChI=1S/C14H10N2O3S/c17-13-10-6-20-7-11(10)15-12(16-13)5-8-3-1-2-4-9(8)14(18)19/h1-4,6-7H,5H2,(H,18,19)(H,15,16,17). The van der Waals surface area contributed by atoms with E-state index in [9.17, 15) is 9.59 Å². The van der Waals surface area contributed by atoms with Crippen molar-refractivity contribution in [3.05, 3.63) is 62.3 Å². The van der Waals surface area contributed by atoms with Gasteiger partial charge in [0.25, 0.3) is 5.56 Å². The molecule has 0 aliphatic carbocycles. The van der Waals surface area contributed by atoms with Crippen LogP contribution in [0.2, 0.25) is 0 Å². The number of aromatic amines is 1. The van der Waals surface area contributed by atoms with E-state index < -0.39 is 5.97 Å². The molecule has 3 aromatic rings. The van der Waals surface area contributed by atoms with Crippen LogP contribution in [0.5, 0.6) is 0 Å². The molecule has 100 valence electrons. The van der Waals surface area contributed by atoms with Crippen molar-refractivity contribution in [3.63, 3.8) is 0 Å². The molecule has 2 N–H and O–H groups in total. The van der Waals surface area contributed by atoms with Gasteiger partial charge in [0.05, 0.1) is 16.5 Å². The van der Waals surface area contributed by atoms with Crippen molar-refractivity contribution in [1.29, 1.82) is 0 Å². The van der Waals surface area contributed by atoms with Crippen molar-refractivity contribution in [2.75, 3.05) is 0 Å². The maximum atomic E-state index is 11.9. The molecule has 1 aromatic carbocycles.